The van der Waals surface area contributed by atoms with Gasteiger partial charge >= 0.3 is 0 Å². The molecule has 0 aromatic carbocycles. The highest BCUT2D eigenvalue weighted by molar-refractivity contribution is 5.22. The minimum atomic E-state index is 1.50. The molecule has 0 heterocycles. The molecule has 0 fully saturated rings. The van der Waals surface area contributed by atoms with E-state index in [2.05, 4.69) is 0 Å². The number of allylic oxidation sites excluding steroid dienone is 21. The van der Waals surface area contributed by atoms with Gasteiger partial charge in [-0.2, -0.15) is 0 Å². The Morgan fingerprint density at radius 2 is 0.565 bits per heavy atom. The molecule has 0 unspecified atom stereocenters. The Morgan fingerprint density at radius 3 is 0.783 bits per heavy atom. The molecule has 0 rings (SSSR count). The molecule has 0 nitrogen and oxygen atoms in total. The molecule has 0 aliphatic rings. The molecule has 0 amide bonds. The maximum absolute atomic E-state index is 5.20. The SMILES string of the molecule is [CH]=C/C=C/C=C/C=C/C=C/C=C/C=C/C=C/C=C/C=C/C=C/C. The van der Waals surface area contributed by atoms with E-state index in [4.69, 9.17) is 6.58 Å². The zero-order chi connectivity index (χ0) is 16.8. The third-order valence-corrected chi connectivity index (χ3v) is 2.30. The average molecular weight is 301 g/mol. The summed E-state index contributed by atoms with van der Waals surface area (Å²) in [5, 5.41) is 0. The van der Waals surface area contributed by atoms with E-state index in [1.54, 1.807) is 6.08 Å². The fraction of sp³-hybridized carbons (Fsp3) is 0.0435. The third-order valence-electron chi connectivity index (χ3n) is 2.30. The Bertz CT molecular complexity index is 565. The Labute approximate surface area is 141 Å². The fourth-order valence-electron chi connectivity index (χ4n) is 1.27. The highest BCUT2D eigenvalue weighted by atomic mass is 13.7. The van der Waals surface area contributed by atoms with Crippen LogP contribution >= 0.6 is 0 Å². The molecule has 0 spiro atoms. The van der Waals surface area contributed by atoms with Crippen molar-refractivity contribution >= 4 is 0 Å². The molecule has 117 valence electrons. The summed E-state index contributed by atoms with van der Waals surface area (Å²) in [4.78, 5) is 0. The monoisotopic (exact) mass is 301 g/mol. The van der Waals surface area contributed by atoms with Gasteiger partial charge in [-0.05, 0) is 6.92 Å². The first kappa shape index (κ1) is 20.1. The summed E-state index contributed by atoms with van der Waals surface area (Å²) in [5.74, 6) is 0. The number of hydrogen-bond acceptors (Lipinski definition) is 0. The molecule has 23 heavy (non-hydrogen) atoms. The second-order valence-corrected chi connectivity index (χ2v) is 4.18. The summed E-state index contributed by atoms with van der Waals surface area (Å²) in [6, 6.07) is 0. The van der Waals surface area contributed by atoms with Crippen LogP contribution in [-0.2, 0) is 0 Å². The van der Waals surface area contributed by atoms with Gasteiger partial charge in [0.25, 0.3) is 0 Å². The standard InChI is InChI=1S/C23H25/c1-3-5-7-9-11-13-15-17-19-21-23-22-20-18-16-14-12-10-8-6-4-2/h1,3-23H,2H3/b3-1?,6-4+,7-5+,10-8+,11-9+,14-12+,15-13+,18-16+,19-17+,22-20+,23-21+. The Morgan fingerprint density at radius 1 is 0.348 bits per heavy atom. The van der Waals surface area contributed by atoms with Gasteiger partial charge in [0.1, 0.15) is 0 Å². The zero-order valence-corrected chi connectivity index (χ0v) is 13.7. The second-order valence-electron chi connectivity index (χ2n) is 4.18. The number of hydrogen-bond donors (Lipinski definition) is 0. The smallest absolute Gasteiger partial charge is 0.0467 e. The van der Waals surface area contributed by atoms with E-state index < -0.39 is 0 Å². The Kier molecular flexibility index (Phi) is 16.8. The predicted octanol–water partition coefficient (Wildman–Crippen LogP) is 6.56. The van der Waals surface area contributed by atoms with Crippen LogP contribution in [0.15, 0.2) is 128 Å². The van der Waals surface area contributed by atoms with Gasteiger partial charge in [-0.25, -0.2) is 0 Å². The first-order valence-electron chi connectivity index (χ1n) is 7.58. The molecule has 0 bridgehead atoms. The van der Waals surface area contributed by atoms with Crippen LogP contribution in [0.25, 0.3) is 0 Å². The summed E-state index contributed by atoms with van der Waals surface area (Å²) >= 11 is 0. The Balaban J connectivity index is 3.90. The van der Waals surface area contributed by atoms with Crippen LogP contribution in [0, 0.1) is 6.58 Å². The van der Waals surface area contributed by atoms with Gasteiger partial charge in [0, 0.05) is 0 Å². The summed E-state index contributed by atoms with van der Waals surface area (Å²) in [6.45, 7) is 7.20. The van der Waals surface area contributed by atoms with Gasteiger partial charge < -0.3 is 0 Å². The largest absolute Gasteiger partial charge is 0.0877 e. The normalized spacial score (nSPS) is 14.5. The van der Waals surface area contributed by atoms with Gasteiger partial charge in [0.2, 0.25) is 0 Å². The predicted molar refractivity (Wildman–Crippen MR) is 106 cm³/mol. The molecule has 0 aromatic heterocycles. The van der Waals surface area contributed by atoms with Crippen molar-refractivity contribution < 1.29 is 0 Å². The first-order valence-corrected chi connectivity index (χ1v) is 7.58. The van der Waals surface area contributed by atoms with Crippen LogP contribution in [0.4, 0.5) is 0 Å². The molecule has 0 aromatic rings. The topological polar surface area (TPSA) is 0 Å². The summed E-state index contributed by atoms with van der Waals surface area (Å²) in [5.41, 5.74) is 0. The molecule has 0 N–H and O–H groups in total. The van der Waals surface area contributed by atoms with Gasteiger partial charge in [-0.15, -0.1) is 0 Å². The van der Waals surface area contributed by atoms with Crippen molar-refractivity contribution in [2.45, 2.75) is 6.92 Å². The van der Waals surface area contributed by atoms with Crippen LogP contribution in [0.3, 0.4) is 0 Å². The van der Waals surface area contributed by atoms with Crippen LogP contribution in [0.2, 0.25) is 0 Å². The van der Waals surface area contributed by atoms with Crippen LogP contribution in [0.1, 0.15) is 6.92 Å². The lowest BCUT2D eigenvalue weighted by atomic mass is 10.3. The first-order chi connectivity index (χ1) is 11.4. The maximum atomic E-state index is 5.20. The third kappa shape index (κ3) is 19.1. The van der Waals surface area contributed by atoms with Crippen LogP contribution in [0.5, 0.6) is 0 Å². The van der Waals surface area contributed by atoms with Crippen molar-refractivity contribution in [3.8, 4) is 0 Å². The van der Waals surface area contributed by atoms with E-state index in [0.29, 0.717) is 0 Å². The molecular formula is C23H25. The van der Waals surface area contributed by atoms with Gasteiger partial charge in [0.05, 0.1) is 0 Å². The molecule has 0 saturated carbocycles. The zero-order valence-electron chi connectivity index (χ0n) is 13.7. The van der Waals surface area contributed by atoms with E-state index in [1.165, 1.54) is 6.08 Å². The van der Waals surface area contributed by atoms with Crippen molar-refractivity contribution in [2.75, 3.05) is 0 Å². The van der Waals surface area contributed by atoms with Crippen molar-refractivity contribution in [3.63, 3.8) is 0 Å². The molecule has 1 radical (unpaired) electrons. The molecular weight excluding hydrogens is 276 g/mol. The Hall–Kier alpha value is -2.86. The summed E-state index contributed by atoms with van der Waals surface area (Å²) < 4.78 is 0. The highest BCUT2D eigenvalue weighted by Gasteiger charge is 1.65. The lowest BCUT2D eigenvalue weighted by molar-refractivity contribution is 1.73. The average Bonchev–Trinajstić information content (AvgIpc) is 2.57. The molecule has 0 heteroatoms. The van der Waals surface area contributed by atoms with Crippen molar-refractivity contribution in [1.82, 2.24) is 0 Å². The van der Waals surface area contributed by atoms with Crippen LogP contribution < -0.4 is 0 Å². The minimum Gasteiger partial charge on any atom is -0.0877 e. The van der Waals surface area contributed by atoms with E-state index in [1.807, 2.05) is 122 Å². The van der Waals surface area contributed by atoms with Gasteiger partial charge in [-0.1, -0.05) is 134 Å². The van der Waals surface area contributed by atoms with E-state index in [-0.39, 0.29) is 0 Å². The molecule has 0 atom stereocenters. The van der Waals surface area contributed by atoms with E-state index >= 15 is 0 Å². The summed E-state index contributed by atoms with van der Waals surface area (Å²) in [7, 11) is 0. The second kappa shape index (κ2) is 19.1. The van der Waals surface area contributed by atoms with Crippen molar-refractivity contribution in [2.24, 2.45) is 0 Å². The van der Waals surface area contributed by atoms with Gasteiger partial charge in [-0.3, -0.25) is 0 Å². The lowest BCUT2D eigenvalue weighted by Crippen LogP contribution is -1.54. The van der Waals surface area contributed by atoms with E-state index in [0.717, 1.165) is 0 Å². The fourth-order valence-corrected chi connectivity index (χ4v) is 1.27. The maximum Gasteiger partial charge on any atom is -0.0467 e. The highest BCUT2D eigenvalue weighted by Crippen LogP contribution is 1.86. The molecule has 0 saturated heterocycles. The van der Waals surface area contributed by atoms with Crippen molar-refractivity contribution in [1.29, 1.82) is 0 Å². The van der Waals surface area contributed by atoms with E-state index in [9.17, 15) is 0 Å². The number of rotatable bonds is 10. The molecule has 0 aliphatic carbocycles. The summed E-state index contributed by atoms with van der Waals surface area (Å²) in [6.07, 6.45) is 40.8. The minimum absolute atomic E-state index is 1.50. The lowest BCUT2D eigenvalue weighted by Gasteiger charge is -1.75. The van der Waals surface area contributed by atoms with Gasteiger partial charge in [0.15, 0.2) is 0 Å². The molecule has 0 aliphatic heterocycles. The quantitative estimate of drug-likeness (QED) is 0.401. The van der Waals surface area contributed by atoms with Crippen LogP contribution in [-0.4, -0.2) is 0 Å². The van der Waals surface area contributed by atoms with Crippen molar-refractivity contribution in [3.05, 3.63) is 134 Å².